The molecule has 27 heavy (non-hydrogen) atoms. The van der Waals surface area contributed by atoms with Gasteiger partial charge in [0.05, 0.1) is 22.7 Å². The van der Waals surface area contributed by atoms with E-state index in [1.807, 2.05) is 32.0 Å². The van der Waals surface area contributed by atoms with Crippen molar-refractivity contribution in [1.82, 2.24) is 0 Å². The van der Waals surface area contributed by atoms with Gasteiger partial charge in [-0.15, -0.1) is 0 Å². The summed E-state index contributed by atoms with van der Waals surface area (Å²) in [5.74, 6) is 0.498. The summed E-state index contributed by atoms with van der Waals surface area (Å²) in [5.41, 5.74) is 1.42. The van der Waals surface area contributed by atoms with Gasteiger partial charge in [-0.05, 0) is 61.5 Å². The summed E-state index contributed by atoms with van der Waals surface area (Å²) in [5, 5.41) is 10.4. The lowest BCUT2D eigenvalue weighted by atomic mass is 10.2. The number of hydrogen-bond donors (Lipinski definition) is 1. The molecule has 5 nitrogen and oxygen atoms in total. The lowest BCUT2D eigenvalue weighted by Crippen LogP contribution is -2.29. The highest BCUT2D eigenvalue weighted by Gasteiger charge is 2.35. The van der Waals surface area contributed by atoms with E-state index in [1.165, 1.54) is 17.8 Å². The largest absolute Gasteiger partial charge is 0.506 e. The number of anilines is 1. The number of thioether (sulfide) groups is 1. The maximum absolute atomic E-state index is 13.1. The van der Waals surface area contributed by atoms with Gasteiger partial charge < -0.3 is 9.84 Å². The van der Waals surface area contributed by atoms with Crippen molar-refractivity contribution in [1.29, 1.82) is 0 Å². The number of aliphatic imine (C=N–C) groups is 1. The molecular weight excluding hydrogens is 384 g/mol. The topological polar surface area (TPSA) is 62.1 Å². The lowest BCUT2D eigenvalue weighted by molar-refractivity contribution is -0.113. The molecule has 1 N–H and O–H groups in total. The molecule has 0 aromatic heterocycles. The number of carbonyl (C=O) groups is 1. The van der Waals surface area contributed by atoms with Crippen molar-refractivity contribution in [3.05, 3.63) is 58.0 Å². The lowest BCUT2D eigenvalue weighted by Gasteiger charge is -2.17. The minimum atomic E-state index is -0.170. The molecule has 7 heteroatoms. The monoisotopic (exact) mass is 402 g/mol. The number of rotatable bonds is 4. The van der Waals surface area contributed by atoms with Crippen molar-refractivity contribution in [2.75, 3.05) is 12.0 Å². The zero-order valence-electron chi connectivity index (χ0n) is 15.1. The summed E-state index contributed by atoms with van der Waals surface area (Å²) in [6.45, 7) is 3.92. The molecule has 1 amide bonds. The van der Waals surface area contributed by atoms with Gasteiger partial charge in [0.1, 0.15) is 11.5 Å². The van der Waals surface area contributed by atoms with Crippen LogP contribution in [0.5, 0.6) is 11.5 Å². The van der Waals surface area contributed by atoms with Crippen LogP contribution in [-0.4, -0.2) is 29.3 Å². The van der Waals surface area contributed by atoms with E-state index in [4.69, 9.17) is 16.3 Å². The van der Waals surface area contributed by atoms with Gasteiger partial charge in [-0.2, -0.15) is 0 Å². The second-order valence-corrected chi connectivity index (χ2v) is 7.59. The normalized spacial score (nSPS) is 17.4. The number of carbonyl (C=O) groups excluding carboxylic acids is 1. The van der Waals surface area contributed by atoms with E-state index in [9.17, 15) is 9.90 Å². The van der Waals surface area contributed by atoms with Gasteiger partial charge in [-0.3, -0.25) is 14.7 Å². The van der Waals surface area contributed by atoms with Gasteiger partial charge >= 0.3 is 0 Å². The Morgan fingerprint density at radius 2 is 2.04 bits per heavy atom. The summed E-state index contributed by atoms with van der Waals surface area (Å²) in [6.07, 6.45) is 1.74. The number of nitrogens with zero attached hydrogens (tertiary/aromatic N) is 2. The van der Waals surface area contributed by atoms with Gasteiger partial charge in [0.2, 0.25) is 0 Å². The van der Waals surface area contributed by atoms with Gasteiger partial charge in [0.25, 0.3) is 5.91 Å². The standard InChI is InChI=1S/C20H19ClN2O3S/c1-12(2)22-20-23(14-5-4-6-15(11-14)26-3)19(25)18(27-20)10-13-7-8-17(24)16(21)9-13/h4-12,24H,1-3H3/b18-10-,22-20?. The van der Waals surface area contributed by atoms with Crippen molar-refractivity contribution >= 4 is 46.2 Å². The smallest absolute Gasteiger partial charge is 0.271 e. The molecule has 1 saturated heterocycles. The molecule has 0 atom stereocenters. The number of phenolic OH excluding ortho intramolecular Hbond substituents is 1. The molecule has 0 bridgehead atoms. The molecule has 0 aliphatic carbocycles. The van der Waals surface area contributed by atoms with Crippen LogP contribution in [0.3, 0.4) is 0 Å². The molecule has 0 unspecified atom stereocenters. The summed E-state index contributed by atoms with van der Waals surface area (Å²) in [7, 11) is 1.59. The van der Waals surface area contributed by atoms with E-state index in [2.05, 4.69) is 4.99 Å². The Bertz CT molecular complexity index is 941. The van der Waals surface area contributed by atoms with E-state index >= 15 is 0 Å². The number of amides is 1. The Hall–Kier alpha value is -2.44. The van der Waals surface area contributed by atoms with Crippen molar-refractivity contribution in [3.8, 4) is 11.5 Å². The van der Waals surface area contributed by atoms with Crippen molar-refractivity contribution < 1.29 is 14.6 Å². The predicted octanol–water partition coefficient (Wildman–Crippen LogP) is 4.94. The second-order valence-electron chi connectivity index (χ2n) is 6.17. The van der Waals surface area contributed by atoms with Crippen LogP contribution < -0.4 is 9.64 Å². The average Bonchev–Trinajstić information content (AvgIpc) is 2.92. The van der Waals surface area contributed by atoms with Crippen LogP contribution in [0.4, 0.5) is 5.69 Å². The number of halogens is 1. The Morgan fingerprint density at radius 3 is 2.70 bits per heavy atom. The SMILES string of the molecule is COc1cccc(N2C(=O)/C(=C/c3ccc(O)c(Cl)c3)SC2=NC(C)C)c1. The summed E-state index contributed by atoms with van der Waals surface area (Å²) < 4.78 is 5.28. The number of hydrogen-bond acceptors (Lipinski definition) is 5. The molecule has 1 aliphatic rings. The van der Waals surface area contributed by atoms with E-state index in [0.717, 1.165) is 5.56 Å². The molecule has 3 rings (SSSR count). The first-order valence-electron chi connectivity index (χ1n) is 8.33. The number of ether oxygens (including phenoxy) is 1. The van der Waals surface area contributed by atoms with Crippen LogP contribution in [0.2, 0.25) is 5.02 Å². The van der Waals surface area contributed by atoms with Gasteiger partial charge in [-0.25, -0.2) is 0 Å². The number of amidine groups is 1. The Labute approximate surface area is 167 Å². The Morgan fingerprint density at radius 1 is 1.26 bits per heavy atom. The maximum Gasteiger partial charge on any atom is 0.271 e. The molecule has 2 aromatic rings. The fourth-order valence-electron chi connectivity index (χ4n) is 2.52. The van der Waals surface area contributed by atoms with Crippen LogP contribution in [-0.2, 0) is 4.79 Å². The second kappa shape index (κ2) is 8.06. The quantitative estimate of drug-likeness (QED) is 0.736. The molecule has 0 spiro atoms. The first kappa shape index (κ1) is 19.3. The van der Waals surface area contributed by atoms with Crippen molar-refractivity contribution in [3.63, 3.8) is 0 Å². The van der Waals surface area contributed by atoms with Crippen molar-refractivity contribution in [2.24, 2.45) is 4.99 Å². The van der Waals surface area contributed by atoms with Crippen LogP contribution >= 0.6 is 23.4 Å². The van der Waals surface area contributed by atoms with Gasteiger partial charge in [0.15, 0.2) is 5.17 Å². The van der Waals surface area contributed by atoms with E-state index in [0.29, 0.717) is 21.5 Å². The fraction of sp³-hybridized carbons (Fsp3) is 0.200. The number of aromatic hydroxyl groups is 1. The third-order valence-electron chi connectivity index (χ3n) is 3.76. The first-order chi connectivity index (χ1) is 12.9. The molecule has 0 saturated carbocycles. The van der Waals surface area contributed by atoms with Crippen LogP contribution in [0.1, 0.15) is 19.4 Å². The van der Waals surface area contributed by atoms with E-state index in [-0.39, 0.29) is 22.7 Å². The van der Waals surface area contributed by atoms with Crippen LogP contribution in [0.25, 0.3) is 6.08 Å². The van der Waals surface area contributed by atoms with E-state index in [1.54, 1.807) is 36.3 Å². The van der Waals surface area contributed by atoms with Crippen molar-refractivity contribution in [2.45, 2.75) is 19.9 Å². The van der Waals surface area contributed by atoms with Gasteiger partial charge in [0, 0.05) is 12.1 Å². The molecule has 1 fully saturated rings. The average molecular weight is 403 g/mol. The molecule has 1 heterocycles. The minimum Gasteiger partial charge on any atom is -0.506 e. The third-order valence-corrected chi connectivity index (χ3v) is 5.04. The highest BCUT2D eigenvalue weighted by Crippen LogP contribution is 2.37. The van der Waals surface area contributed by atoms with Crippen LogP contribution in [0, 0.1) is 0 Å². The number of methoxy groups -OCH3 is 1. The van der Waals surface area contributed by atoms with Gasteiger partial charge in [-0.1, -0.05) is 23.7 Å². The molecular formula is C20H19ClN2O3S. The zero-order chi connectivity index (χ0) is 19.6. The fourth-order valence-corrected chi connectivity index (χ4v) is 3.82. The third kappa shape index (κ3) is 4.28. The minimum absolute atomic E-state index is 0.00397. The number of phenols is 1. The number of benzene rings is 2. The Balaban J connectivity index is 2.03. The predicted molar refractivity (Wildman–Crippen MR) is 112 cm³/mol. The summed E-state index contributed by atoms with van der Waals surface area (Å²) >= 11 is 7.28. The molecule has 140 valence electrons. The Kier molecular flexibility index (Phi) is 5.77. The van der Waals surface area contributed by atoms with Crippen LogP contribution in [0.15, 0.2) is 52.4 Å². The summed E-state index contributed by atoms with van der Waals surface area (Å²) in [4.78, 5) is 19.8. The highest BCUT2D eigenvalue weighted by molar-refractivity contribution is 8.19. The molecule has 1 aliphatic heterocycles. The summed E-state index contributed by atoms with van der Waals surface area (Å²) in [6, 6.07) is 12.2. The maximum atomic E-state index is 13.1. The van der Waals surface area contributed by atoms with E-state index < -0.39 is 0 Å². The molecule has 2 aromatic carbocycles. The molecule has 0 radical (unpaired) electrons. The highest BCUT2D eigenvalue weighted by atomic mass is 35.5. The zero-order valence-corrected chi connectivity index (χ0v) is 16.7. The first-order valence-corrected chi connectivity index (χ1v) is 9.53.